The van der Waals surface area contributed by atoms with Crippen LogP contribution in [0.4, 0.5) is 0 Å². The van der Waals surface area contributed by atoms with E-state index in [0.717, 1.165) is 23.0 Å². The number of nitrogens with one attached hydrogen (secondary N) is 1. The molecular formula is C15H16BrN3O2. The van der Waals surface area contributed by atoms with E-state index in [4.69, 9.17) is 4.74 Å². The Labute approximate surface area is 131 Å². The normalized spacial score (nSPS) is 15.5. The number of carbonyl (C=O) groups is 1. The SMILES string of the molecule is CC(Oc1nn(-c2ccccc2)cc1Br)C(=O)NC1CC1. The number of carbonyl (C=O) groups excluding carboxylic acids is 1. The zero-order chi connectivity index (χ0) is 14.8. The minimum Gasteiger partial charge on any atom is -0.463 e. The first-order chi connectivity index (χ1) is 10.1. The maximum atomic E-state index is 11.9. The average Bonchev–Trinajstić information content (AvgIpc) is 3.23. The molecule has 21 heavy (non-hydrogen) atoms. The van der Waals surface area contributed by atoms with E-state index in [1.807, 2.05) is 36.5 Å². The lowest BCUT2D eigenvalue weighted by Gasteiger charge is -2.12. The smallest absolute Gasteiger partial charge is 0.261 e. The number of rotatable bonds is 5. The molecule has 1 N–H and O–H groups in total. The highest BCUT2D eigenvalue weighted by molar-refractivity contribution is 9.10. The lowest BCUT2D eigenvalue weighted by Crippen LogP contribution is -2.37. The third-order valence-electron chi connectivity index (χ3n) is 3.24. The summed E-state index contributed by atoms with van der Waals surface area (Å²) in [4.78, 5) is 11.9. The Morgan fingerprint density at radius 2 is 2.14 bits per heavy atom. The van der Waals surface area contributed by atoms with Gasteiger partial charge in [-0.3, -0.25) is 4.79 Å². The minimum absolute atomic E-state index is 0.0985. The van der Waals surface area contributed by atoms with Crippen molar-refractivity contribution in [3.8, 4) is 11.6 Å². The lowest BCUT2D eigenvalue weighted by molar-refractivity contribution is -0.127. The van der Waals surface area contributed by atoms with E-state index in [2.05, 4.69) is 26.3 Å². The summed E-state index contributed by atoms with van der Waals surface area (Å²) >= 11 is 3.42. The van der Waals surface area contributed by atoms with E-state index in [1.165, 1.54) is 0 Å². The molecule has 1 amide bonds. The van der Waals surface area contributed by atoms with Crippen molar-refractivity contribution < 1.29 is 9.53 Å². The van der Waals surface area contributed by atoms with Crippen LogP contribution in [0.2, 0.25) is 0 Å². The molecule has 3 rings (SSSR count). The number of halogens is 1. The summed E-state index contributed by atoms with van der Waals surface area (Å²) in [5.74, 6) is 0.316. The summed E-state index contributed by atoms with van der Waals surface area (Å²) in [5, 5.41) is 7.28. The number of ether oxygens (including phenoxy) is 1. The van der Waals surface area contributed by atoms with E-state index in [1.54, 1.807) is 11.6 Å². The molecule has 1 aromatic carbocycles. The van der Waals surface area contributed by atoms with E-state index in [-0.39, 0.29) is 5.91 Å². The summed E-state index contributed by atoms with van der Waals surface area (Å²) in [6.45, 7) is 1.73. The molecule has 0 spiro atoms. The van der Waals surface area contributed by atoms with Gasteiger partial charge in [0.05, 0.1) is 10.2 Å². The monoisotopic (exact) mass is 349 g/mol. The van der Waals surface area contributed by atoms with Gasteiger partial charge in [-0.05, 0) is 47.8 Å². The summed E-state index contributed by atoms with van der Waals surface area (Å²) in [7, 11) is 0. The highest BCUT2D eigenvalue weighted by Crippen LogP contribution is 2.26. The first kappa shape index (κ1) is 14.1. The predicted molar refractivity (Wildman–Crippen MR) is 82.5 cm³/mol. The zero-order valence-electron chi connectivity index (χ0n) is 11.6. The molecule has 1 saturated carbocycles. The van der Waals surface area contributed by atoms with Gasteiger partial charge in [0.25, 0.3) is 5.91 Å². The second-order valence-corrected chi connectivity index (χ2v) is 5.96. The Bertz CT molecular complexity index is 638. The summed E-state index contributed by atoms with van der Waals surface area (Å²) in [6, 6.07) is 10.1. The van der Waals surface area contributed by atoms with Crippen LogP contribution in [0.5, 0.6) is 5.88 Å². The Kier molecular flexibility index (Phi) is 3.96. The maximum Gasteiger partial charge on any atom is 0.261 e. The van der Waals surface area contributed by atoms with Crippen LogP contribution in [0.3, 0.4) is 0 Å². The molecule has 0 saturated heterocycles. The molecule has 1 atom stereocenters. The maximum absolute atomic E-state index is 11.9. The van der Waals surface area contributed by atoms with Gasteiger partial charge in [0.2, 0.25) is 5.88 Å². The van der Waals surface area contributed by atoms with Crippen LogP contribution in [0.15, 0.2) is 41.0 Å². The average molecular weight is 350 g/mol. The van der Waals surface area contributed by atoms with Crippen molar-refractivity contribution in [1.29, 1.82) is 0 Å². The number of aromatic nitrogens is 2. The highest BCUT2D eigenvalue weighted by Gasteiger charge is 2.27. The van der Waals surface area contributed by atoms with Gasteiger partial charge in [0.15, 0.2) is 6.10 Å². The van der Waals surface area contributed by atoms with E-state index in [0.29, 0.717) is 11.9 Å². The van der Waals surface area contributed by atoms with Gasteiger partial charge in [-0.25, -0.2) is 4.68 Å². The van der Waals surface area contributed by atoms with Crippen LogP contribution in [0.1, 0.15) is 19.8 Å². The highest BCUT2D eigenvalue weighted by atomic mass is 79.9. The first-order valence-corrected chi connectivity index (χ1v) is 7.70. The quantitative estimate of drug-likeness (QED) is 0.902. The molecule has 6 heteroatoms. The number of amides is 1. The van der Waals surface area contributed by atoms with Crippen molar-refractivity contribution in [1.82, 2.24) is 15.1 Å². The number of nitrogens with zero attached hydrogens (tertiary/aromatic N) is 2. The van der Waals surface area contributed by atoms with Crippen molar-refractivity contribution in [2.75, 3.05) is 0 Å². The van der Waals surface area contributed by atoms with Crippen molar-refractivity contribution in [3.05, 3.63) is 41.0 Å². The fourth-order valence-electron chi connectivity index (χ4n) is 1.90. The Morgan fingerprint density at radius 3 is 2.81 bits per heavy atom. The van der Waals surface area contributed by atoms with Crippen molar-refractivity contribution in [2.24, 2.45) is 0 Å². The van der Waals surface area contributed by atoms with Crippen molar-refractivity contribution in [3.63, 3.8) is 0 Å². The summed E-state index contributed by atoms with van der Waals surface area (Å²) in [6.07, 6.45) is 3.37. The van der Waals surface area contributed by atoms with Crippen LogP contribution in [0.25, 0.3) is 5.69 Å². The molecule has 1 aromatic heterocycles. The molecule has 1 aliphatic rings. The summed E-state index contributed by atoms with van der Waals surface area (Å²) < 4.78 is 8.08. The molecule has 2 aromatic rings. The van der Waals surface area contributed by atoms with Gasteiger partial charge < -0.3 is 10.1 Å². The predicted octanol–water partition coefficient (Wildman–Crippen LogP) is 2.68. The van der Waals surface area contributed by atoms with Gasteiger partial charge in [-0.15, -0.1) is 5.10 Å². The molecule has 110 valence electrons. The molecule has 0 bridgehead atoms. The molecule has 1 fully saturated rings. The van der Waals surface area contributed by atoms with E-state index >= 15 is 0 Å². The van der Waals surface area contributed by atoms with Gasteiger partial charge in [-0.1, -0.05) is 18.2 Å². The molecule has 1 unspecified atom stereocenters. The Hall–Kier alpha value is -1.82. The third kappa shape index (κ3) is 3.44. The van der Waals surface area contributed by atoms with Crippen LogP contribution in [-0.2, 0) is 4.79 Å². The van der Waals surface area contributed by atoms with Gasteiger partial charge in [-0.2, -0.15) is 0 Å². The fraction of sp³-hybridized carbons (Fsp3) is 0.333. The number of hydrogen-bond donors (Lipinski definition) is 1. The molecule has 5 nitrogen and oxygen atoms in total. The molecule has 1 aliphatic carbocycles. The molecular weight excluding hydrogens is 334 g/mol. The minimum atomic E-state index is -0.568. The molecule has 0 radical (unpaired) electrons. The fourth-order valence-corrected chi connectivity index (χ4v) is 2.26. The van der Waals surface area contributed by atoms with Gasteiger partial charge >= 0.3 is 0 Å². The van der Waals surface area contributed by atoms with E-state index in [9.17, 15) is 4.79 Å². The van der Waals surface area contributed by atoms with Gasteiger partial charge in [0.1, 0.15) is 0 Å². The third-order valence-corrected chi connectivity index (χ3v) is 3.78. The van der Waals surface area contributed by atoms with Gasteiger partial charge in [0, 0.05) is 12.2 Å². The van der Waals surface area contributed by atoms with Crippen molar-refractivity contribution in [2.45, 2.75) is 31.9 Å². The van der Waals surface area contributed by atoms with Crippen LogP contribution < -0.4 is 10.1 Å². The number of benzene rings is 1. The van der Waals surface area contributed by atoms with Crippen LogP contribution in [0, 0.1) is 0 Å². The number of hydrogen-bond acceptors (Lipinski definition) is 3. The van der Waals surface area contributed by atoms with Crippen LogP contribution in [-0.4, -0.2) is 27.8 Å². The Morgan fingerprint density at radius 1 is 1.43 bits per heavy atom. The lowest BCUT2D eigenvalue weighted by atomic mass is 10.3. The van der Waals surface area contributed by atoms with Crippen molar-refractivity contribution >= 4 is 21.8 Å². The Balaban J connectivity index is 1.70. The first-order valence-electron chi connectivity index (χ1n) is 6.91. The second-order valence-electron chi connectivity index (χ2n) is 5.11. The molecule has 0 aliphatic heterocycles. The van der Waals surface area contributed by atoms with E-state index < -0.39 is 6.10 Å². The standard InChI is InChI=1S/C15H16BrN3O2/c1-10(14(20)17-11-7-8-11)21-15-13(16)9-19(18-15)12-5-3-2-4-6-12/h2-6,9-11H,7-8H2,1H3,(H,17,20). The summed E-state index contributed by atoms with van der Waals surface area (Å²) in [5.41, 5.74) is 0.933. The molecule has 1 heterocycles. The second kappa shape index (κ2) is 5.89. The van der Waals surface area contributed by atoms with Crippen LogP contribution >= 0.6 is 15.9 Å². The topological polar surface area (TPSA) is 56.2 Å². The zero-order valence-corrected chi connectivity index (χ0v) is 13.2. The largest absolute Gasteiger partial charge is 0.463 e. The number of para-hydroxylation sites is 1.